The number of nitrogens with zero attached hydrogens (tertiary/aromatic N) is 3. The maximum absolute atomic E-state index is 5.63. The molecule has 15 heavy (non-hydrogen) atoms. The van der Waals surface area contributed by atoms with E-state index in [1.165, 1.54) is 11.5 Å². The highest BCUT2D eigenvalue weighted by atomic mass is 32.1. The van der Waals surface area contributed by atoms with E-state index in [0.29, 0.717) is 6.10 Å². The van der Waals surface area contributed by atoms with Crippen molar-refractivity contribution >= 4 is 11.5 Å². The summed E-state index contributed by atoms with van der Waals surface area (Å²) in [6, 6.07) is 0. The van der Waals surface area contributed by atoms with Crippen LogP contribution in [0.15, 0.2) is 5.38 Å². The maximum atomic E-state index is 5.63. The lowest BCUT2D eigenvalue weighted by molar-refractivity contribution is -0.0182. The van der Waals surface area contributed by atoms with Gasteiger partial charge in [0.15, 0.2) is 0 Å². The highest BCUT2D eigenvalue weighted by Gasteiger charge is 2.16. The first-order valence-electron chi connectivity index (χ1n) is 5.11. The Morgan fingerprint density at radius 2 is 2.67 bits per heavy atom. The second-order valence-electron chi connectivity index (χ2n) is 3.78. The van der Waals surface area contributed by atoms with Crippen LogP contribution in [-0.4, -0.2) is 53.9 Å². The van der Waals surface area contributed by atoms with Crippen LogP contribution in [0.1, 0.15) is 5.69 Å². The van der Waals surface area contributed by atoms with Gasteiger partial charge in [-0.15, -0.1) is 5.10 Å². The summed E-state index contributed by atoms with van der Waals surface area (Å²) in [6.45, 7) is 4.53. The molecule has 0 saturated carbocycles. The smallest absolute Gasteiger partial charge is 0.0893 e. The number of aromatic nitrogens is 2. The highest BCUT2D eigenvalue weighted by Crippen LogP contribution is 2.02. The van der Waals surface area contributed by atoms with Crippen molar-refractivity contribution in [1.82, 2.24) is 19.8 Å². The molecule has 5 nitrogen and oxygen atoms in total. The van der Waals surface area contributed by atoms with E-state index in [-0.39, 0.29) is 0 Å². The fraction of sp³-hybridized carbons (Fsp3) is 0.778. The second-order valence-corrected chi connectivity index (χ2v) is 4.39. The molecule has 1 atom stereocenters. The highest BCUT2D eigenvalue weighted by molar-refractivity contribution is 7.03. The average Bonchev–Trinajstić information content (AvgIpc) is 2.71. The zero-order chi connectivity index (χ0) is 10.5. The van der Waals surface area contributed by atoms with Crippen molar-refractivity contribution in [2.75, 3.05) is 33.3 Å². The van der Waals surface area contributed by atoms with E-state index in [0.717, 1.165) is 38.5 Å². The summed E-state index contributed by atoms with van der Waals surface area (Å²) in [5, 5.41) is 9.26. The lowest BCUT2D eigenvalue weighted by atomic mass is 10.3. The summed E-state index contributed by atoms with van der Waals surface area (Å²) in [5.74, 6) is 0. The molecule has 1 unspecified atom stereocenters. The molecule has 0 amide bonds. The standard InChI is InChI=1S/C9H16N4OS/c1-13-2-3-14-9(6-13)5-10-4-8-7-15-12-11-8/h7,9-10H,2-6H2,1H3. The largest absolute Gasteiger partial charge is 0.374 e. The fourth-order valence-corrected chi connectivity index (χ4v) is 2.06. The summed E-state index contributed by atoms with van der Waals surface area (Å²) in [5.41, 5.74) is 1.00. The number of ether oxygens (including phenoxy) is 1. The maximum Gasteiger partial charge on any atom is 0.0893 e. The van der Waals surface area contributed by atoms with Crippen LogP contribution in [0.2, 0.25) is 0 Å². The normalized spacial score (nSPS) is 23.1. The number of likely N-dealkylation sites (N-methyl/N-ethyl adjacent to an activating group) is 1. The third kappa shape index (κ3) is 3.49. The van der Waals surface area contributed by atoms with E-state index >= 15 is 0 Å². The van der Waals surface area contributed by atoms with Crippen molar-refractivity contribution in [3.63, 3.8) is 0 Å². The molecule has 2 heterocycles. The predicted octanol–water partition coefficient (Wildman–Crippen LogP) is -0.0417. The van der Waals surface area contributed by atoms with Crippen molar-refractivity contribution in [1.29, 1.82) is 0 Å². The summed E-state index contributed by atoms with van der Waals surface area (Å²) in [7, 11) is 2.12. The summed E-state index contributed by atoms with van der Waals surface area (Å²) >= 11 is 1.39. The van der Waals surface area contributed by atoms with Gasteiger partial charge in [-0.3, -0.25) is 0 Å². The first-order valence-corrected chi connectivity index (χ1v) is 5.95. The van der Waals surface area contributed by atoms with Crippen LogP contribution < -0.4 is 5.32 Å². The van der Waals surface area contributed by atoms with Gasteiger partial charge < -0.3 is 15.0 Å². The molecule has 0 aliphatic carbocycles. The number of hydrogen-bond donors (Lipinski definition) is 1. The second kappa shape index (κ2) is 5.50. The summed E-state index contributed by atoms with van der Waals surface area (Å²) < 4.78 is 9.44. The zero-order valence-electron chi connectivity index (χ0n) is 8.85. The number of rotatable bonds is 4. The van der Waals surface area contributed by atoms with E-state index in [2.05, 4.69) is 26.9 Å². The quantitative estimate of drug-likeness (QED) is 0.783. The Balaban J connectivity index is 1.65. The van der Waals surface area contributed by atoms with Gasteiger partial charge in [0.1, 0.15) is 0 Å². The van der Waals surface area contributed by atoms with Crippen molar-refractivity contribution in [2.45, 2.75) is 12.6 Å². The molecule has 1 N–H and O–H groups in total. The minimum absolute atomic E-state index is 0.301. The van der Waals surface area contributed by atoms with Gasteiger partial charge in [0.25, 0.3) is 0 Å². The van der Waals surface area contributed by atoms with E-state index in [1.807, 2.05) is 5.38 Å². The molecule has 2 rings (SSSR count). The number of nitrogens with one attached hydrogen (secondary N) is 1. The first kappa shape index (κ1) is 10.9. The van der Waals surface area contributed by atoms with E-state index in [1.54, 1.807) is 0 Å². The molecule has 1 aromatic heterocycles. The molecular formula is C9H16N4OS. The van der Waals surface area contributed by atoms with Gasteiger partial charge in [-0.1, -0.05) is 4.49 Å². The topological polar surface area (TPSA) is 50.3 Å². The van der Waals surface area contributed by atoms with Crippen molar-refractivity contribution in [3.05, 3.63) is 11.1 Å². The van der Waals surface area contributed by atoms with Crippen molar-refractivity contribution < 1.29 is 4.74 Å². The zero-order valence-corrected chi connectivity index (χ0v) is 9.66. The lowest BCUT2D eigenvalue weighted by Gasteiger charge is -2.30. The predicted molar refractivity (Wildman–Crippen MR) is 58.9 cm³/mol. The molecule has 84 valence electrons. The molecule has 0 spiro atoms. The van der Waals surface area contributed by atoms with Gasteiger partial charge >= 0.3 is 0 Å². The minimum atomic E-state index is 0.301. The molecular weight excluding hydrogens is 212 g/mol. The minimum Gasteiger partial charge on any atom is -0.374 e. The van der Waals surface area contributed by atoms with Gasteiger partial charge in [0.2, 0.25) is 0 Å². The average molecular weight is 228 g/mol. The van der Waals surface area contributed by atoms with Gasteiger partial charge in [-0.05, 0) is 18.6 Å². The molecule has 1 aliphatic heterocycles. The molecule has 0 aromatic carbocycles. The van der Waals surface area contributed by atoms with Crippen LogP contribution in [0.3, 0.4) is 0 Å². The van der Waals surface area contributed by atoms with Crippen molar-refractivity contribution in [3.8, 4) is 0 Å². The Labute approximate surface area is 93.6 Å². The molecule has 6 heteroatoms. The number of hydrogen-bond acceptors (Lipinski definition) is 6. The van der Waals surface area contributed by atoms with Crippen LogP contribution in [-0.2, 0) is 11.3 Å². The van der Waals surface area contributed by atoms with Gasteiger partial charge in [-0.2, -0.15) is 0 Å². The summed E-state index contributed by atoms with van der Waals surface area (Å²) in [6.07, 6.45) is 0.301. The van der Waals surface area contributed by atoms with E-state index in [4.69, 9.17) is 4.74 Å². The Bertz CT molecular complexity index is 280. The lowest BCUT2D eigenvalue weighted by Crippen LogP contribution is -2.44. The Morgan fingerprint density at radius 1 is 1.73 bits per heavy atom. The number of morpholine rings is 1. The molecule has 0 radical (unpaired) electrons. The van der Waals surface area contributed by atoms with Gasteiger partial charge in [0, 0.05) is 31.6 Å². The first-order chi connectivity index (χ1) is 7.34. The van der Waals surface area contributed by atoms with Crippen LogP contribution in [0.5, 0.6) is 0 Å². The molecule has 1 aromatic rings. The Hall–Kier alpha value is -0.560. The third-order valence-corrected chi connectivity index (χ3v) is 2.98. The van der Waals surface area contributed by atoms with Crippen LogP contribution in [0.4, 0.5) is 0 Å². The Morgan fingerprint density at radius 3 is 3.40 bits per heavy atom. The third-order valence-electron chi connectivity index (χ3n) is 2.43. The molecule has 0 bridgehead atoms. The molecule has 1 saturated heterocycles. The summed E-state index contributed by atoms with van der Waals surface area (Å²) in [4.78, 5) is 2.29. The van der Waals surface area contributed by atoms with Crippen LogP contribution in [0, 0.1) is 0 Å². The van der Waals surface area contributed by atoms with Crippen molar-refractivity contribution in [2.24, 2.45) is 0 Å². The fourth-order valence-electron chi connectivity index (χ4n) is 1.61. The van der Waals surface area contributed by atoms with E-state index in [9.17, 15) is 0 Å². The molecule has 1 fully saturated rings. The monoisotopic (exact) mass is 228 g/mol. The van der Waals surface area contributed by atoms with E-state index < -0.39 is 0 Å². The SMILES string of the molecule is CN1CCOC(CNCc2csnn2)C1. The van der Waals surface area contributed by atoms with Crippen LogP contribution >= 0.6 is 11.5 Å². The van der Waals surface area contributed by atoms with Gasteiger partial charge in [-0.25, -0.2) is 0 Å². The Kier molecular flexibility index (Phi) is 4.01. The van der Waals surface area contributed by atoms with Crippen LogP contribution in [0.25, 0.3) is 0 Å². The van der Waals surface area contributed by atoms with Gasteiger partial charge in [0.05, 0.1) is 18.4 Å². The molecule has 1 aliphatic rings.